The summed E-state index contributed by atoms with van der Waals surface area (Å²) < 4.78 is 6.01. The van der Waals surface area contributed by atoms with Crippen LogP contribution in [0.3, 0.4) is 0 Å². The van der Waals surface area contributed by atoms with E-state index >= 15 is 0 Å². The zero-order chi connectivity index (χ0) is 19.8. The Morgan fingerprint density at radius 2 is 1.96 bits per heavy atom. The second kappa shape index (κ2) is 10.9. The lowest BCUT2D eigenvalue weighted by atomic mass is 9.94. The number of nitrogens with zero attached hydrogens (tertiary/aromatic N) is 3. The molecule has 1 aromatic heterocycles. The standard InChI is InChI=1S/C22H33N3O2S/c1-24(16-22-23-12-13-28-22)14-18-8-6-7-11-21(18)27-17-20(26)15-25(2)19-9-4-3-5-10-19/h6-8,11-13,19-20,26H,3-5,9-10,14-17H2,1-2H3/t20-/m1/s1. The van der Waals surface area contributed by atoms with Gasteiger partial charge in [0, 0.05) is 36.3 Å². The lowest BCUT2D eigenvalue weighted by Gasteiger charge is -2.32. The SMILES string of the molecule is CN(Cc1nccs1)Cc1ccccc1OC[C@H](O)CN(C)C1CCCCC1. The van der Waals surface area contributed by atoms with Gasteiger partial charge in [-0.3, -0.25) is 4.90 Å². The van der Waals surface area contributed by atoms with E-state index in [9.17, 15) is 5.11 Å². The summed E-state index contributed by atoms with van der Waals surface area (Å²) in [6.45, 7) is 2.59. The summed E-state index contributed by atoms with van der Waals surface area (Å²) in [5.41, 5.74) is 1.13. The number of para-hydroxylation sites is 1. The molecule has 154 valence electrons. The van der Waals surface area contributed by atoms with Crippen molar-refractivity contribution in [2.24, 2.45) is 0 Å². The molecule has 28 heavy (non-hydrogen) atoms. The van der Waals surface area contributed by atoms with Gasteiger partial charge in [0.25, 0.3) is 0 Å². The summed E-state index contributed by atoms with van der Waals surface area (Å²) in [5, 5.41) is 13.6. The fourth-order valence-corrected chi connectivity index (χ4v) is 4.62. The summed E-state index contributed by atoms with van der Waals surface area (Å²) >= 11 is 1.68. The van der Waals surface area contributed by atoms with Crippen LogP contribution in [0.1, 0.15) is 42.7 Å². The molecular weight excluding hydrogens is 370 g/mol. The molecule has 1 aliphatic rings. The number of benzene rings is 1. The second-order valence-corrected chi connectivity index (χ2v) is 8.88. The number of likely N-dealkylation sites (N-methyl/N-ethyl adjacent to an activating group) is 1. The van der Waals surface area contributed by atoms with Crippen molar-refractivity contribution in [1.82, 2.24) is 14.8 Å². The molecule has 1 heterocycles. The van der Waals surface area contributed by atoms with Gasteiger partial charge in [-0.2, -0.15) is 0 Å². The van der Waals surface area contributed by atoms with E-state index in [1.807, 2.05) is 29.8 Å². The van der Waals surface area contributed by atoms with Crippen LogP contribution in [-0.4, -0.2) is 59.3 Å². The Morgan fingerprint density at radius 3 is 2.71 bits per heavy atom. The summed E-state index contributed by atoms with van der Waals surface area (Å²) in [7, 11) is 4.22. The largest absolute Gasteiger partial charge is 0.491 e. The van der Waals surface area contributed by atoms with Crippen molar-refractivity contribution in [3.05, 3.63) is 46.4 Å². The number of aromatic nitrogens is 1. The van der Waals surface area contributed by atoms with Gasteiger partial charge in [0.05, 0.1) is 6.54 Å². The van der Waals surface area contributed by atoms with Crippen LogP contribution in [0.2, 0.25) is 0 Å². The van der Waals surface area contributed by atoms with Crippen molar-refractivity contribution in [3.63, 3.8) is 0 Å². The van der Waals surface area contributed by atoms with E-state index in [0.717, 1.165) is 29.4 Å². The van der Waals surface area contributed by atoms with Crippen molar-refractivity contribution in [2.45, 2.75) is 57.3 Å². The molecule has 0 unspecified atom stereocenters. The minimum Gasteiger partial charge on any atom is -0.491 e. The van der Waals surface area contributed by atoms with Gasteiger partial charge in [-0.25, -0.2) is 4.98 Å². The number of ether oxygens (including phenoxy) is 1. The maximum atomic E-state index is 10.5. The zero-order valence-electron chi connectivity index (χ0n) is 17.1. The fourth-order valence-electron chi connectivity index (χ4n) is 3.93. The highest BCUT2D eigenvalue weighted by molar-refractivity contribution is 7.09. The molecule has 2 aromatic rings. The van der Waals surface area contributed by atoms with E-state index in [-0.39, 0.29) is 0 Å². The molecule has 0 aliphatic heterocycles. The minimum atomic E-state index is -0.479. The molecule has 1 N–H and O–H groups in total. The third-order valence-electron chi connectivity index (χ3n) is 5.43. The van der Waals surface area contributed by atoms with Crippen LogP contribution in [-0.2, 0) is 13.1 Å². The Morgan fingerprint density at radius 1 is 1.18 bits per heavy atom. The number of rotatable bonds is 10. The van der Waals surface area contributed by atoms with E-state index in [1.165, 1.54) is 32.1 Å². The molecule has 3 rings (SSSR count). The van der Waals surface area contributed by atoms with Crippen LogP contribution in [0.15, 0.2) is 35.8 Å². The van der Waals surface area contributed by atoms with Crippen molar-refractivity contribution in [1.29, 1.82) is 0 Å². The summed E-state index contributed by atoms with van der Waals surface area (Å²) in [6.07, 6.45) is 7.83. The van der Waals surface area contributed by atoms with Gasteiger partial charge in [0.15, 0.2) is 0 Å². The maximum absolute atomic E-state index is 10.5. The lowest BCUT2D eigenvalue weighted by molar-refractivity contribution is 0.0556. The molecule has 1 saturated carbocycles. The molecule has 0 amide bonds. The molecule has 6 heteroatoms. The Kier molecular flexibility index (Phi) is 8.27. The van der Waals surface area contributed by atoms with Gasteiger partial charge in [-0.1, -0.05) is 37.5 Å². The fraction of sp³-hybridized carbons (Fsp3) is 0.591. The van der Waals surface area contributed by atoms with Crippen molar-refractivity contribution >= 4 is 11.3 Å². The predicted octanol–water partition coefficient (Wildman–Crippen LogP) is 3.78. The monoisotopic (exact) mass is 403 g/mol. The van der Waals surface area contributed by atoms with Crippen molar-refractivity contribution in [3.8, 4) is 5.75 Å². The third-order valence-corrected chi connectivity index (χ3v) is 6.19. The average molecular weight is 404 g/mol. The van der Waals surface area contributed by atoms with Gasteiger partial charge >= 0.3 is 0 Å². The quantitative estimate of drug-likeness (QED) is 0.654. The van der Waals surface area contributed by atoms with Crippen LogP contribution in [0.5, 0.6) is 5.75 Å². The minimum absolute atomic E-state index is 0.324. The van der Waals surface area contributed by atoms with Gasteiger partial charge < -0.3 is 14.7 Å². The molecule has 5 nitrogen and oxygen atoms in total. The number of thiazole rings is 1. The molecule has 1 atom stereocenters. The van der Waals surface area contributed by atoms with Gasteiger partial charge in [-0.05, 0) is 33.0 Å². The molecular formula is C22H33N3O2S. The topological polar surface area (TPSA) is 48.8 Å². The average Bonchev–Trinajstić information content (AvgIpc) is 3.21. The Bertz CT molecular complexity index is 689. The molecule has 0 bridgehead atoms. The number of hydrogen-bond donors (Lipinski definition) is 1. The summed E-state index contributed by atoms with van der Waals surface area (Å²) in [5.74, 6) is 0.854. The number of hydrogen-bond acceptors (Lipinski definition) is 6. The van der Waals surface area contributed by atoms with Crippen molar-refractivity contribution in [2.75, 3.05) is 27.2 Å². The van der Waals surface area contributed by atoms with E-state index in [0.29, 0.717) is 19.2 Å². The van der Waals surface area contributed by atoms with Crippen molar-refractivity contribution < 1.29 is 9.84 Å². The van der Waals surface area contributed by atoms with Crippen LogP contribution < -0.4 is 4.74 Å². The Labute approximate surface area is 173 Å². The van der Waals surface area contributed by atoms with Crippen LogP contribution in [0, 0.1) is 0 Å². The molecule has 0 spiro atoms. The maximum Gasteiger partial charge on any atom is 0.123 e. The van der Waals surface area contributed by atoms with E-state index in [4.69, 9.17) is 4.74 Å². The first kappa shape index (κ1) is 21.2. The smallest absolute Gasteiger partial charge is 0.123 e. The van der Waals surface area contributed by atoms with Gasteiger partial charge in [-0.15, -0.1) is 11.3 Å². The van der Waals surface area contributed by atoms with E-state index < -0.39 is 6.10 Å². The molecule has 1 aliphatic carbocycles. The number of aliphatic hydroxyl groups excluding tert-OH is 1. The summed E-state index contributed by atoms with van der Waals surface area (Å²) in [6, 6.07) is 8.71. The van der Waals surface area contributed by atoms with Crippen LogP contribution in [0.4, 0.5) is 0 Å². The highest BCUT2D eigenvalue weighted by Gasteiger charge is 2.20. The van der Waals surface area contributed by atoms with E-state index in [1.54, 1.807) is 11.3 Å². The molecule has 0 saturated heterocycles. The summed E-state index contributed by atoms with van der Waals surface area (Å²) in [4.78, 5) is 8.89. The highest BCUT2D eigenvalue weighted by Crippen LogP contribution is 2.23. The predicted molar refractivity (Wildman–Crippen MR) is 115 cm³/mol. The first-order valence-corrected chi connectivity index (χ1v) is 11.2. The highest BCUT2D eigenvalue weighted by atomic mass is 32.1. The molecule has 1 aromatic carbocycles. The van der Waals surface area contributed by atoms with Crippen LogP contribution >= 0.6 is 11.3 Å². The normalized spacial score (nSPS) is 16.6. The second-order valence-electron chi connectivity index (χ2n) is 7.90. The lowest BCUT2D eigenvalue weighted by Crippen LogP contribution is -2.40. The first-order chi connectivity index (χ1) is 13.6. The van der Waals surface area contributed by atoms with Gasteiger partial charge in [0.2, 0.25) is 0 Å². The molecule has 0 radical (unpaired) electrons. The third kappa shape index (κ3) is 6.55. The van der Waals surface area contributed by atoms with E-state index in [2.05, 4.69) is 34.9 Å². The zero-order valence-corrected chi connectivity index (χ0v) is 17.9. The number of aliphatic hydroxyl groups is 1. The Balaban J connectivity index is 1.48. The van der Waals surface area contributed by atoms with Crippen LogP contribution in [0.25, 0.3) is 0 Å². The first-order valence-electron chi connectivity index (χ1n) is 10.3. The molecule has 1 fully saturated rings. The van der Waals surface area contributed by atoms with Gasteiger partial charge in [0.1, 0.15) is 23.5 Å². The Hall–Kier alpha value is -1.47.